The minimum atomic E-state index is 0.696. The molecule has 0 atom stereocenters. The lowest BCUT2D eigenvalue weighted by Gasteiger charge is -2.03. The molecule has 0 aliphatic heterocycles. The lowest BCUT2D eigenvalue weighted by atomic mass is 10.1. The maximum Gasteiger partial charge on any atom is 0.187 e. The summed E-state index contributed by atoms with van der Waals surface area (Å²) in [5.41, 5.74) is 3.29. The van der Waals surface area contributed by atoms with Crippen LogP contribution in [0.5, 0.6) is 0 Å². The third-order valence-electron chi connectivity index (χ3n) is 3.23. The number of aromatic nitrogens is 1. The second-order valence-corrected chi connectivity index (χ2v) is 6.99. The standard InChI is InChI=1S/C17H14Cl2N2S/c1-11-2-5-14(6-3-11)21-17-20-10-15(22-17)9-12-8-13(18)4-7-16(12)19/h2-8,10H,9H2,1H3,(H,20,21). The van der Waals surface area contributed by atoms with Crippen molar-refractivity contribution in [1.82, 2.24) is 4.98 Å². The van der Waals surface area contributed by atoms with Crippen molar-refractivity contribution in [3.8, 4) is 0 Å². The van der Waals surface area contributed by atoms with Crippen LogP contribution in [0.3, 0.4) is 0 Å². The Hall–Kier alpha value is -1.55. The maximum absolute atomic E-state index is 6.21. The van der Waals surface area contributed by atoms with E-state index in [9.17, 15) is 0 Å². The number of thiazole rings is 1. The molecule has 0 aliphatic rings. The molecule has 22 heavy (non-hydrogen) atoms. The van der Waals surface area contributed by atoms with Crippen LogP contribution in [0.1, 0.15) is 16.0 Å². The maximum atomic E-state index is 6.21. The Morgan fingerprint density at radius 3 is 2.64 bits per heavy atom. The molecule has 0 spiro atoms. The molecule has 5 heteroatoms. The van der Waals surface area contributed by atoms with E-state index in [4.69, 9.17) is 23.2 Å². The van der Waals surface area contributed by atoms with Crippen LogP contribution in [0.2, 0.25) is 10.0 Å². The second-order valence-electron chi connectivity index (χ2n) is 5.04. The molecule has 0 radical (unpaired) electrons. The Morgan fingerprint density at radius 2 is 1.86 bits per heavy atom. The summed E-state index contributed by atoms with van der Waals surface area (Å²) in [6.07, 6.45) is 2.60. The summed E-state index contributed by atoms with van der Waals surface area (Å²) in [4.78, 5) is 5.55. The van der Waals surface area contributed by atoms with Crippen molar-refractivity contribution in [2.75, 3.05) is 5.32 Å². The number of halogens is 2. The van der Waals surface area contributed by atoms with Crippen molar-refractivity contribution in [2.24, 2.45) is 0 Å². The number of hydrogen-bond donors (Lipinski definition) is 1. The van der Waals surface area contributed by atoms with Gasteiger partial charge in [0.1, 0.15) is 0 Å². The number of nitrogens with zero attached hydrogens (tertiary/aromatic N) is 1. The molecule has 112 valence electrons. The van der Waals surface area contributed by atoms with Crippen LogP contribution in [0.25, 0.3) is 0 Å². The van der Waals surface area contributed by atoms with Crippen LogP contribution in [0, 0.1) is 6.92 Å². The molecule has 3 rings (SSSR count). The van der Waals surface area contributed by atoms with Crippen molar-refractivity contribution < 1.29 is 0 Å². The molecule has 0 bridgehead atoms. The fourth-order valence-corrected chi connectivity index (χ4v) is 3.31. The predicted octanol–water partition coefficient (Wildman–Crippen LogP) is 6.09. The summed E-state index contributed by atoms with van der Waals surface area (Å²) in [5, 5.41) is 5.61. The smallest absolute Gasteiger partial charge is 0.187 e. The monoisotopic (exact) mass is 348 g/mol. The zero-order valence-electron chi connectivity index (χ0n) is 11.9. The van der Waals surface area contributed by atoms with Crippen LogP contribution in [0.15, 0.2) is 48.7 Å². The summed E-state index contributed by atoms with van der Waals surface area (Å²) in [5.74, 6) is 0. The number of aryl methyl sites for hydroxylation is 1. The number of rotatable bonds is 4. The highest BCUT2D eigenvalue weighted by Crippen LogP contribution is 2.28. The lowest BCUT2D eigenvalue weighted by Crippen LogP contribution is -1.88. The first kappa shape index (κ1) is 15.3. The van der Waals surface area contributed by atoms with E-state index in [1.54, 1.807) is 17.4 Å². The first-order valence-corrected chi connectivity index (χ1v) is 8.40. The van der Waals surface area contributed by atoms with Gasteiger partial charge >= 0.3 is 0 Å². The van der Waals surface area contributed by atoms with Gasteiger partial charge in [-0.1, -0.05) is 40.9 Å². The summed E-state index contributed by atoms with van der Waals surface area (Å²) in [6.45, 7) is 2.07. The van der Waals surface area contributed by atoms with Gasteiger partial charge in [-0.25, -0.2) is 4.98 Å². The largest absolute Gasteiger partial charge is 0.332 e. The quantitative estimate of drug-likeness (QED) is 0.616. The number of nitrogens with one attached hydrogen (secondary N) is 1. The van der Waals surface area contributed by atoms with Gasteiger partial charge in [0.15, 0.2) is 5.13 Å². The van der Waals surface area contributed by atoms with E-state index < -0.39 is 0 Å². The van der Waals surface area contributed by atoms with Crippen LogP contribution < -0.4 is 5.32 Å². The number of anilines is 2. The van der Waals surface area contributed by atoms with Gasteiger partial charge in [0.25, 0.3) is 0 Å². The first-order valence-electron chi connectivity index (χ1n) is 6.82. The Balaban J connectivity index is 1.73. The highest BCUT2D eigenvalue weighted by molar-refractivity contribution is 7.15. The average Bonchev–Trinajstić information content (AvgIpc) is 2.93. The van der Waals surface area contributed by atoms with E-state index in [1.807, 2.05) is 30.5 Å². The van der Waals surface area contributed by atoms with Crippen LogP contribution in [-0.4, -0.2) is 4.98 Å². The Kier molecular flexibility index (Phi) is 4.67. The number of hydrogen-bond acceptors (Lipinski definition) is 3. The third-order valence-corrected chi connectivity index (χ3v) is 4.75. The molecule has 0 saturated carbocycles. The highest BCUT2D eigenvalue weighted by Gasteiger charge is 2.07. The molecule has 2 aromatic carbocycles. The van der Waals surface area contributed by atoms with Crippen LogP contribution in [-0.2, 0) is 6.42 Å². The summed E-state index contributed by atoms with van der Waals surface area (Å²) < 4.78 is 0. The lowest BCUT2D eigenvalue weighted by molar-refractivity contribution is 1.22. The molecular formula is C17H14Cl2N2S. The van der Waals surface area contributed by atoms with E-state index in [-0.39, 0.29) is 0 Å². The predicted molar refractivity (Wildman–Crippen MR) is 95.8 cm³/mol. The van der Waals surface area contributed by atoms with Gasteiger partial charge in [-0.2, -0.15) is 0 Å². The average molecular weight is 349 g/mol. The van der Waals surface area contributed by atoms with E-state index in [2.05, 4.69) is 29.4 Å². The summed E-state index contributed by atoms with van der Waals surface area (Å²) >= 11 is 13.8. The first-order chi connectivity index (χ1) is 10.6. The Labute approximate surface area is 143 Å². The summed E-state index contributed by atoms with van der Waals surface area (Å²) in [7, 11) is 0. The fourth-order valence-electron chi connectivity index (χ4n) is 2.07. The van der Waals surface area contributed by atoms with Crippen molar-refractivity contribution in [2.45, 2.75) is 13.3 Å². The van der Waals surface area contributed by atoms with Gasteiger partial charge in [-0.15, -0.1) is 11.3 Å². The zero-order valence-corrected chi connectivity index (χ0v) is 14.3. The van der Waals surface area contributed by atoms with Gasteiger partial charge in [-0.05, 0) is 42.8 Å². The minimum Gasteiger partial charge on any atom is -0.332 e. The molecule has 3 aromatic rings. The molecule has 1 aromatic heterocycles. The molecule has 0 unspecified atom stereocenters. The van der Waals surface area contributed by atoms with Crippen molar-refractivity contribution in [3.05, 3.63) is 74.7 Å². The molecule has 0 saturated heterocycles. The van der Waals surface area contributed by atoms with Gasteiger partial charge in [-0.3, -0.25) is 0 Å². The zero-order chi connectivity index (χ0) is 15.5. The van der Waals surface area contributed by atoms with Crippen LogP contribution in [0.4, 0.5) is 10.8 Å². The highest BCUT2D eigenvalue weighted by atomic mass is 35.5. The topological polar surface area (TPSA) is 24.9 Å². The van der Waals surface area contributed by atoms with Crippen LogP contribution >= 0.6 is 34.5 Å². The molecule has 0 amide bonds. The second kappa shape index (κ2) is 6.69. The van der Waals surface area contributed by atoms with Gasteiger partial charge in [0.2, 0.25) is 0 Å². The Bertz CT molecular complexity index is 782. The van der Waals surface area contributed by atoms with E-state index in [1.165, 1.54) is 5.56 Å². The molecule has 0 aliphatic carbocycles. The fraction of sp³-hybridized carbons (Fsp3) is 0.118. The van der Waals surface area contributed by atoms with Gasteiger partial charge in [0, 0.05) is 33.2 Å². The normalized spacial score (nSPS) is 10.7. The van der Waals surface area contributed by atoms with Crippen molar-refractivity contribution in [1.29, 1.82) is 0 Å². The molecule has 1 N–H and O–H groups in total. The molecular weight excluding hydrogens is 335 g/mol. The SMILES string of the molecule is Cc1ccc(Nc2ncc(Cc3cc(Cl)ccc3Cl)s2)cc1. The Morgan fingerprint density at radius 1 is 1.09 bits per heavy atom. The van der Waals surface area contributed by atoms with E-state index in [0.29, 0.717) is 5.02 Å². The summed E-state index contributed by atoms with van der Waals surface area (Å²) in [6, 6.07) is 13.8. The van der Waals surface area contributed by atoms with Gasteiger partial charge in [0.05, 0.1) is 0 Å². The molecule has 1 heterocycles. The van der Waals surface area contributed by atoms with Gasteiger partial charge < -0.3 is 5.32 Å². The van der Waals surface area contributed by atoms with E-state index in [0.717, 1.165) is 32.7 Å². The number of benzene rings is 2. The van der Waals surface area contributed by atoms with Crippen molar-refractivity contribution in [3.63, 3.8) is 0 Å². The molecule has 2 nitrogen and oxygen atoms in total. The van der Waals surface area contributed by atoms with Crippen molar-refractivity contribution >= 4 is 45.4 Å². The minimum absolute atomic E-state index is 0.696. The van der Waals surface area contributed by atoms with E-state index >= 15 is 0 Å². The third kappa shape index (κ3) is 3.80. The molecule has 0 fully saturated rings.